The molecule has 4 heterocycles. The van der Waals surface area contributed by atoms with E-state index >= 15 is 0 Å². The van der Waals surface area contributed by atoms with Crippen LogP contribution in [0.15, 0.2) is 231 Å². The van der Waals surface area contributed by atoms with Crippen molar-refractivity contribution in [3.8, 4) is 51.0 Å². The van der Waals surface area contributed by atoms with Gasteiger partial charge in [0, 0.05) is 66.9 Å². The number of nitrogens with zero attached hydrogens (tertiary/aromatic N) is 6. The summed E-state index contributed by atoms with van der Waals surface area (Å²) in [4.78, 5) is 15.4. The first-order valence-electron chi connectivity index (χ1n) is 22.9. The molecule has 0 amide bonds. The third kappa shape index (κ3) is 6.61. The molecule has 0 atom stereocenters. The van der Waals surface area contributed by atoms with Gasteiger partial charge in [-0.15, -0.1) is 0 Å². The number of allylic oxidation sites excluding steroid dienone is 6. The molecule has 0 bridgehead atoms. The lowest BCUT2D eigenvalue weighted by Crippen LogP contribution is -2.03. The van der Waals surface area contributed by atoms with Crippen LogP contribution in [0.2, 0.25) is 0 Å². The van der Waals surface area contributed by atoms with Crippen LogP contribution in [0, 0.1) is 0 Å². The molecule has 0 radical (unpaired) electrons. The maximum atomic E-state index is 5.17. The van der Waals surface area contributed by atoms with Gasteiger partial charge in [-0.2, -0.15) is 0 Å². The lowest BCUT2D eigenvalue weighted by molar-refractivity contribution is 1.03. The van der Waals surface area contributed by atoms with Crippen LogP contribution in [0.4, 0.5) is 0 Å². The minimum absolute atomic E-state index is 0.624. The van der Waals surface area contributed by atoms with E-state index in [2.05, 4.69) is 226 Å². The molecule has 1 aliphatic rings. The van der Waals surface area contributed by atoms with E-state index in [1.54, 1.807) is 0 Å². The summed E-state index contributed by atoms with van der Waals surface area (Å²) in [6, 6.07) is 69.5. The summed E-state index contributed by atoms with van der Waals surface area (Å²) >= 11 is 0. The van der Waals surface area contributed by atoms with E-state index in [4.69, 9.17) is 15.0 Å². The highest BCUT2D eigenvalue weighted by Gasteiger charge is 2.21. The standard InChI is InChI=1S/C61H42N6/c1-2-7-18-41(19-8-3-1)59-62-60(42-20-9-4-10-21-42)64-61(63-59)45-22-17-27-48(38-45)67-57-34-31-44(40-53(57)50-32-35-54-51(58(50)67)36-37-65(54)46-23-11-5-12-24-46)43-30-33-56-52(39-43)49-28-15-16-29-55(49)66(56)47-25-13-6-14-26-47/h2,4-40H,1,3H2/b7-2?,19-8-,41-18+. The number of rotatable bonds is 7. The molecular formula is C61H42N6. The maximum Gasteiger partial charge on any atom is 0.164 e. The second-order valence-electron chi connectivity index (χ2n) is 17.2. The van der Waals surface area contributed by atoms with Gasteiger partial charge in [-0.3, -0.25) is 0 Å². The van der Waals surface area contributed by atoms with E-state index in [0.29, 0.717) is 17.5 Å². The summed E-state index contributed by atoms with van der Waals surface area (Å²) in [5.74, 6) is 1.91. The topological polar surface area (TPSA) is 53.5 Å². The molecule has 8 aromatic carbocycles. The Balaban J connectivity index is 1.01. The fourth-order valence-electron chi connectivity index (χ4n) is 10.0. The number of fused-ring (bicyclic) bond motifs is 8. The van der Waals surface area contributed by atoms with E-state index in [1.165, 1.54) is 49.1 Å². The van der Waals surface area contributed by atoms with Crippen LogP contribution in [0.5, 0.6) is 0 Å². The normalized spacial score (nSPS) is 14.2. The molecule has 67 heavy (non-hydrogen) atoms. The predicted octanol–water partition coefficient (Wildman–Crippen LogP) is 15.3. The number of hydrogen-bond donors (Lipinski definition) is 0. The maximum absolute atomic E-state index is 5.17. The number of benzene rings is 8. The Bertz CT molecular complexity index is 3960. The lowest BCUT2D eigenvalue weighted by atomic mass is 10.0. The van der Waals surface area contributed by atoms with Crippen LogP contribution in [0.3, 0.4) is 0 Å². The van der Waals surface area contributed by atoms with Crippen LogP contribution in [-0.4, -0.2) is 28.7 Å². The SMILES string of the molecule is C1=CCC/C=C\C(c2nc(-c3ccccc3)nc(-c3cccc(-n4c5ccc(-c6ccc7c(c6)c6ccccc6n7-c6ccccc6)cc5c5ccc6c(ccn6-c6ccccc6)c54)c3)n2)=C/1. The van der Waals surface area contributed by atoms with E-state index in [9.17, 15) is 0 Å². The molecular weight excluding hydrogens is 817 g/mol. The van der Waals surface area contributed by atoms with Crippen molar-refractivity contribution in [2.45, 2.75) is 12.8 Å². The third-order valence-electron chi connectivity index (χ3n) is 13.1. The molecule has 4 aromatic heterocycles. The zero-order valence-electron chi connectivity index (χ0n) is 36.5. The van der Waals surface area contributed by atoms with Gasteiger partial charge >= 0.3 is 0 Å². The molecule has 316 valence electrons. The van der Waals surface area contributed by atoms with Gasteiger partial charge in [0.25, 0.3) is 0 Å². The van der Waals surface area contributed by atoms with Crippen molar-refractivity contribution >= 4 is 60.1 Å². The van der Waals surface area contributed by atoms with Crippen LogP contribution in [0.1, 0.15) is 18.7 Å². The van der Waals surface area contributed by atoms with Crippen LogP contribution in [0.25, 0.3) is 111 Å². The highest BCUT2D eigenvalue weighted by molar-refractivity contribution is 6.19. The molecule has 0 aliphatic heterocycles. The zero-order chi connectivity index (χ0) is 44.3. The molecule has 0 saturated heterocycles. The number of hydrogen-bond acceptors (Lipinski definition) is 3. The minimum atomic E-state index is 0.624. The van der Waals surface area contributed by atoms with Gasteiger partial charge < -0.3 is 13.7 Å². The first-order chi connectivity index (χ1) is 33.2. The Hall–Kier alpha value is -8.87. The van der Waals surface area contributed by atoms with Gasteiger partial charge in [-0.05, 0) is 103 Å². The summed E-state index contributed by atoms with van der Waals surface area (Å²) in [7, 11) is 0. The molecule has 0 unspecified atom stereocenters. The van der Waals surface area contributed by atoms with E-state index in [1.807, 2.05) is 18.2 Å². The first kappa shape index (κ1) is 38.6. The average molecular weight is 859 g/mol. The van der Waals surface area contributed by atoms with Crippen LogP contribution >= 0.6 is 0 Å². The first-order valence-corrected chi connectivity index (χ1v) is 22.9. The Morgan fingerprint density at radius 3 is 1.75 bits per heavy atom. The Morgan fingerprint density at radius 1 is 0.358 bits per heavy atom. The van der Waals surface area contributed by atoms with Gasteiger partial charge in [-0.25, -0.2) is 15.0 Å². The average Bonchev–Trinajstić information content (AvgIpc) is 4.07. The number of aromatic nitrogens is 6. The predicted molar refractivity (Wildman–Crippen MR) is 277 cm³/mol. The number of para-hydroxylation sites is 3. The highest BCUT2D eigenvalue weighted by Crippen LogP contribution is 2.41. The van der Waals surface area contributed by atoms with Gasteiger partial charge in [0.1, 0.15) is 0 Å². The van der Waals surface area contributed by atoms with Crippen LogP contribution < -0.4 is 0 Å². The zero-order valence-corrected chi connectivity index (χ0v) is 36.5. The summed E-state index contributed by atoms with van der Waals surface area (Å²) in [6.07, 6.45) is 14.9. The van der Waals surface area contributed by atoms with Crippen LogP contribution in [-0.2, 0) is 0 Å². The summed E-state index contributed by atoms with van der Waals surface area (Å²) in [5.41, 5.74) is 14.3. The summed E-state index contributed by atoms with van der Waals surface area (Å²) in [6.45, 7) is 0. The minimum Gasteiger partial charge on any atom is -0.316 e. The van der Waals surface area contributed by atoms with E-state index in [0.717, 1.165) is 63.2 Å². The van der Waals surface area contributed by atoms with Crippen molar-refractivity contribution in [3.05, 3.63) is 237 Å². The molecule has 6 heteroatoms. The molecule has 1 aliphatic carbocycles. The van der Waals surface area contributed by atoms with Crippen molar-refractivity contribution < 1.29 is 0 Å². The molecule has 0 N–H and O–H groups in total. The van der Waals surface area contributed by atoms with Crippen molar-refractivity contribution in [1.82, 2.24) is 28.7 Å². The van der Waals surface area contributed by atoms with E-state index in [-0.39, 0.29) is 0 Å². The second kappa shape index (κ2) is 16.0. The fourth-order valence-corrected chi connectivity index (χ4v) is 10.0. The molecule has 12 aromatic rings. The lowest BCUT2D eigenvalue weighted by Gasteiger charge is -2.13. The quantitative estimate of drug-likeness (QED) is 0.160. The Kier molecular flexibility index (Phi) is 9.20. The summed E-state index contributed by atoms with van der Waals surface area (Å²) < 4.78 is 7.08. The fraction of sp³-hybridized carbons (Fsp3) is 0.0328. The third-order valence-corrected chi connectivity index (χ3v) is 13.1. The molecule has 0 fully saturated rings. The van der Waals surface area contributed by atoms with Crippen molar-refractivity contribution in [3.63, 3.8) is 0 Å². The van der Waals surface area contributed by atoms with Crippen molar-refractivity contribution in [1.29, 1.82) is 0 Å². The molecule has 13 rings (SSSR count). The largest absolute Gasteiger partial charge is 0.316 e. The summed E-state index contributed by atoms with van der Waals surface area (Å²) in [5, 5.41) is 6.01. The monoisotopic (exact) mass is 858 g/mol. The van der Waals surface area contributed by atoms with Gasteiger partial charge in [0.05, 0.1) is 27.6 Å². The molecule has 0 saturated carbocycles. The Morgan fingerprint density at radius 2 is 0.955 bits per heavy atom. The highest BCUT2D eigenvalue weighted by atomic mass is 15.0. The Labute approximate surface area is 387 Å². The van der Waals surface area contributed by atoms with Crippen molar-refractivity contribution in [2.24, 2.45) is 0 Å². The molecule has 0 spiro atoms. The second-order valence-corrected chi connectivity index (χ2v) is 17.2. The van der Waals surface area contributed by atoms with Gasteiger partial charge in [-0.1, -0.05) is 146 Å². The van der Waals surface area contributed by atoms with Gasteiger partial charge in [0.2, 0.25) is 0 Å². The molecule has 6 nitrogen and oxygen atoms in total. The van der Waals surface area contributed by atoms with Crippen molar-refractivity contribution in [2.75, 3.05) is 0 Å². The van der Waals surface area contributed by atoms with E-state index < -0.39 is 0 Å². The van der Waals surface area contributed by atoms with Gasteiger partial charge in [0.15, 0.2) is 17.5 Å². The smallest absolute Gasteiger partial charge is 0.164 e.